The van der Waals surface area contributed by atoms with Crippen LogP contribution in [0, 0.1) is 5.92 Å². The Balaban J connectivity index is 1.52. The molecule has 31 heavy (non-hydrogen) atoms. The van der Waals surface area contributed by atoms with Gasteiger partial charge >= 0.3 is 0 Å². The standard InChI is InChI=1S/C25H36N4O2/c1-5-12-29-23(30)22(15-17(2)3)27-24(31)25(29)10-13-28(14-11-25)18(4)20-16-26-21-9-7-6-8-19(20)21/h6-9,16-18,22,26H,5,10-15H2,1-4H3,(H,27,31). The fraction of sp³-hybridized carbons (Fsp3) is 0.600. The number of rotatable bonds is 6. The molecule has 3 heterocycles. The van der Waals surface area contributed by atoms with E-state index < -0.39 is 5.54 Å². The van der Waals surface area contributed by atoms with Crippen LogP contribution < -0.4 is 5.32 Å². The second-order valence-corrected chi connectivity index (χ2v) is 9.68. The Bertz CT molecular complexity index is 942. The van der Waals surface area contributed by atoms with Gasteiger partial charge in [0.15, 0.2) is 0 Å². The third-order valence-electron chi connectivity index (χ3n) is 7.21. The number of hydrogen-bond acceptors (Lipinski definition) is 3. The van der Waals surface area contributed by atoms with Crippen LogP contribution >= 0.6 is 0 Å². The van der Waals surface area contributed by atoms with Gasteiger partial charge in [-0.05, 0) is 50.2 Å². The molecule has 0 aliphatic carbocycles. The van der Waals surface area contributed by atoms with Crippen molar-refractivity contribution in [2.75, 3.05) is 19.6 Å². The normalized spacial score (nSPS) is 23.0. The average molecular weight is 425 g/mol. The van der Waals surface area contributed by atoms with Gasteiger partial charge in [0.1, 0.15) is 11.6 Å². The van der Waals surface area contributed by atoms with Crippen molar-refractivity contribution in [3.05, 3.63) is 36.0 Å². The first-order valence-electron chi connectivity index (χ1n) is 11.8. The van der Waals surface area contributed by atoms with Gasteiger partial charge in [-0.15, -0.1) is 0 Å². The fourth-order valence-corrected chi connectivity index (χ4v) is 5.47. The van der Waals surface area contributed by atoms with Gasteiger partial charge in [-0.3, -0.25) is 14.5 Å². The van der Waals surface area contributed by atoms with Crippen LogP contribution in [0.15, 0.2) is 30.5 Å². The summed E-state index contributed by atoms with van der Waals surface area (Å²) in [6.45, 7) is 10.8. The number of benzene rings is 1. The molecule has 6 nitrogen and oxygen atoms in total. The highest BCUT2D eigenvalue weighted by Gasteiger charge is 2.53. The van der Waals surface area contributed by atoms with Gasteiger partial charge in [-0.25, -0.2) is 0 Å². The Morgan fingerprint density at radius 2 is 1.84 bits per heavy atom. The predicted molar refractivity (Wildman–Crippen MR) is 124 cm³/mol. The average Bonchev–Trinajstić information content (AvgIpc) is 3.19. The van der Waals surface area contributed by atoms with Crippen molar-refractivity contribution in [3.8, 4) is 0 Å². The minimum Gasteiger partial charge on any atom is -0.361 e. The summed E-state index contributed by atoms with van der Waals surface area (Å²) >= 11 is 0. The van der Waals surface area contributed by atoms with Crippen LogP contribution in [0.3, 0.4) is 0 Å². The van der Waals surface area contributed by atoms with Crippen LogP contribution in [-0.4, -0.2) is 57.8 Å². The second-order valence-electron chi connectivity index (χ2n) is 9.68. The van der Waals surface area contributed by atoms with Gasteiger partial charge in [-0.2, -0.15) is 0 Å². The van der Waals surface area contributed by atoms with E-state index in [1.165, 1.54) is 10.9 Å². The van der Waals surface area contributed by atoms with Crippen LogP contribution in [0.5, 0.6) is 0 Å². The summed E-state index contributed by atoms with van der Waals surface area (Å²) in [7, 11) is 0. The molecule has 6 heteroatoms. The molecule has 4 rings (SSSR count). The van der Waals surface area contributed by atoms with Crippen molar-refractivity contribution in [1.82, 2.24) is 20.1 Å². The molecule has 1 aromatic heterocycles. The number of piperazine rings is 1. The number of nitrogens with zero attached hydrogens (tertiary/aromatic N) is 2. The highest BCUT2D eigenvalue weighted by atomic mass is 16.2. The summed E-state index contributed by atoms with van der Waals surface area (Å²) in [6.07, 6.45) is 5.04. The lowest BCUT2D eigenvalue weighted by atomic mass is 9.80. The SMILES string of the molecule is CCCN1C(=O)C(CC(C)C)NC(=O)C12CCN(C(C)c1c[nH]c3ccccc13)CC2. The molecular formula is C25H36N4O2. The number of nitrogens with one attached hydrogen (secondary N) is 2. The lowest BCUT2D eigenvalue weighted by Crippen LogP contribution is -2.73. The molecule has 2 amide bonds. The quantitative estimate of drug-likeness (QED) is 0.740. The van der Waals surface area contributed by atoms with Gasteiger partial charge in [0.2, 0.25) is 11.8 Å². The van der Waals surface area contributed by atoms with Crippen LogP contribution in [-0.2, 0) is 9.59 Å². The highest BCUT2D eigenvalue weighted by molar-refractivity contribution is 6.00. The lowest BCUT2D eigenvalue weighted by Gasteiger charge is -2.52. The Labute approximate surface area is 185 Å². The van der Waals surface area contributed by atoms with Gasteiger partial charge in [0.05, 0.1) is 0 Å². The summed E-state index contributed by atoms with van der Waals surface area (Å²) < 4.78 is 0. The van der Waals surface area contributed by atoms with Crippen molar-refractivity contribution < 1.29 is 9.59 Å². The van der Waals surface area contributed by atoms with Crippen LogP contribution in [0.1, 0.15) is 65.0 Å². The first-order valence-corrected chi connectivity index (χ1v) is 11.8. The van der Waals surface area contributed by atoms with Crippen molar-refractivity contribution in [2.45, 2.75) is 71.0 Å². The van der Waals surface area contributed by atoms with Crippen molar-refractivity contribution >= 4 is 22.7 Å². The first-order chi connectivity index (χ1) is 14.9. The molecule has 168 valence electrons. The number of carbonyl (C=O) groups excluding carboxylic acids is 2. The molecule has 2 fully saturated rings. The van der Waals surface area contributed by atoms with Gasteiger partial charge in [0.25, 0.3) is 0 Å². The van der Waals surface area contributed by atoms with E-state index in [2.05, 4.69) is 67.3 Å². The van der Waals surface area contributed by atoms with E-state index in [0.717, 1.165) is 25.0 Å². The molecular weight excluding hydrogens is 388 g/mol. The molecule has 1 aromatic carbocycles. The number of aromatic amines is 1. The Hall–Kier alpha value is -2.34. The van der Waals surface area contributed by atoms with E-state index in [1.54, 1.807) is 0 Å². The van der Waals surface area contributed by atoms with E-state index in [0.29, 0.717) is 31.7 Å². The van der Waals surface area contributed by atoms with E-state index in [-0.39, 0.29) is 23.9 Å². The van der Waals surface area contributed by atoms with E-state index in [4.69, 9.17) is 0 Å². The van der Waals surface area contributed by atoms with Crippen molar-refractivity contribution in [1.29, 1.82) is 0 Å². The molecule has 2 atom stereocenters. The maximum absolute atomic E-state index is 13.3. The summed E-state index contributed by atoms with van der Waals surface area (Å²) in [6, 6.07) is 8.26. The van der Waals surface area contributed by atoms with Crippen molar-refractivity contribution in [3.63, 3.8) is 0 Å². The molecule has 2 aliphatic rings. The van der Waals surface area contributed by atoms with Gasteiger partial charge < -0.3 is 15.2 Å². The van der Waals surface area contributed by atoms with Crippen LogP contribution in [0.25, 0.3) is 10.9 Å². The minimum absolute atomic E-state index is 0.0468. The van der Waals surface area contributed by atoms with E-state index in [1.807, 2.05) is 11.0 Å². The smallest absolute Gasteiger partial charge is 0.246 e. The molecule has 1 spiro atoms. The molecule has 0 saturated carbocycles. The summed E-state index contributed by atoms with van der Waals surface area (Å²) in [4.78, 5) is 34.4. The largest absolute Gasteiger partial charge is 0.361 e. The van der Waals surface area contributed by atoms with Crippen LogP contribution in [0.4, 0.5) is 0 Å². The maximum Gasteiger partial charge on any atom is 0.246 e. The van der Waals surface area contributed by atoms with Gasteiger partial charge in [-0.1, -0.05) is 39.0 Å². The molecule has 2 unspecified atom stereocenters. The number of hydrogen-bond donors (Lipinski definition) is 2. The molecule has 2 aliphatic heterocycles. The summed E-state index contributed by atoms with van der Waals surface area (Å²) in [5.74, 6) is 0.518. The predicted octanol–water partition coefficient (Wildman–Crippen LogP) is 3.85. The zero-order valence-corrected chi connectivity index (χ0v) is 19.3. The third kappa shape index (κ3) is 3.86. The molecule has 0 bridgehead atoms. The number of carbonyl (C=O) groups is 2. The summed E-state index contributed by atoms with van der Waals surface area (Å²) in [5, 5.41) is 4.34. The Kier molecular flexibility index (Phi) is 6.11. The van der Waals surface area contributed by atoms with E-state index in [9.17, 15) is 9.59 Å². The number of para-hydroxylation sites is 1. The highest BCUT2D eigenvalue weighted by Crippen LogP contribution is 2.37. The number of piperidine rings is 1. The zero-order valence-electron chi connectivity index (χ0n) is 19.3. The van der Waals surface area contributed by atoms with E-state index >= 15 is 0 Å². The number of fused-ring (bicyclic) bond motifs is 1. The summed E-state index contributed by atoms with van der Waals surface area (Å²) in [5.41, 5.74) is 1.75. The maximum atomic E-state index is 13.3. The first kappa shape index (κ1) is 21.9. The molecule has 2 N–H and O–H groups in total. The minimum atomic E-state index is -0.697. The van der Waals surface area contributed by atoms with Crippen molar-refractivity contribution in [2.24, 2.45) is 5.92 Å². The molecule has 0 radical (unpaired) electrons. The second kappa shape index (κ2) is 8.65. The molecule has 2 saturated heterocycles. The number of likely N-dealkylation sites (tertiary alicyclic amines) is 1. The third-order valence-corrected chi connectivity index (χ3v) is 7.21. The molecule has 2 aromatic rings. The number of amides is 2. The number of aromatic nitrogens is 1. The lowest BCUT2D eigenvalue weighted by molar-refractivity contribution is -0.162. The van der Waals surface area contributed by atoms with Crippen LogP contribution in [0.2, 0.25) is 0 Å². The Morgan fingerprint density at radius 3 is 2.52 bits per heavy atom. The number of H-pyrrole nitrogens is 1. The fourth-order valence-electron chi connectivity index (χ4n) is 5.47. The Morgan fingerprint density at radius 1 is 1.13 bits per heavy atom. The zero-order chi connectivity index (χ0) is 22.2. The monoisotopic (exact) mass is 424 g/mol. The van der Waals surface area contributed by atoms with Gasteiger partial charge in [0, 0.05) is 42.8 Å². The topological polar surface area (TPSA) is 68.4 Å².